The van der Waals surface area contributed by atoms with Crippen LogP contribution in [0.15, 0.2) is 18.3 Å². The van der Waals surface area contributed by atoms with Crippen molar-refractivity contribution in [2.75, 3.05) is 49.5 Å². The van der Waals surface area contributed by atoms with Crippen LogP contribution in [0.4, 0.5) is 11.5 Å². The second-order valence-corrected chi connectivity index (χ2v) is 4.73. The van der Waals surface area contributed by atoms with Crippen molar-refractivity contribution in [2.24, 2.45) is 0 Å². The van der Waals surface area contributed by atoms with Gasteiger partial charge in [0.2, 0.25) is 0 Å². The van der Waals surface area contributed by atoms with Crippen LogP contribution in [0.5, 0.6) is 0 Å². The van der Waals surface area contributed by atoms with Crippen molar-refractivity contribution < 1.29 is 0 Å². The first-order valence-corrected chi connectivity index (χ1v) is 7.01. The van der Waals surface area contributed by atoms with E-state index in [-0.39, 0.29) is 0 Å². The zero-order valence-corrected chi connectivity index (χ0v) is 11.5. The number of nitrogens with one attached hydrogen (secondary N) is 1. The third-order valence-electron chi connectivity index (χ3n) is 3.37. The lowest BCUT2D eigenvalue weighted by molar-refractivity contribution is 0.258. The molecular formula is C14H24N4. The summed E-state index contributed by atoms with van der Waals surface area (Å²) >= 11 is 0. The van der Waals surface area contributed by atoms with Crippen LogP contribution in [-0.2, 0) is 0 Å². The predicted molar refractivity (Wildman–Crippen MR) is 77.3 cm³/mol. The van der Waals surface area contributed by atoms with Crippen LogP contribution in [0.1, 0.15) is 20.3 Å². The third-order valence-corrected chi connectivity index (χ3v) is 3.37. The summed E-state index contributed by atoms with van der Waals surface area (Å²) in [5, 5.41) is 3.39. The van der Waals surface area contributed by atoms with E-state index >= 15 is 0 Å². The minimum Gasteiger partial charge on any atom is -0.382 e. The van der Waals surface area contributed by atoms with Gasteiger partial charge in [0.05, 0.1) is 5.69 Å². The predicted octanol–water partition coefficient (Wildman–Crippen LogP) is 2.05. The van der Waals surface area contributed by atoms with Gasteiger partial charge in [-0.1, -0.05) is 6.92 Å². The van der Waals surface area contributed by atoms with Crippen molar-refractivity contribution in [3.8, 4) is 0 Å². The Balaban J connectivity index is 2.00. The summed E-state index contributed by atoms with van der Waals surface area (Å²) < 4.78 is 0. The smallest absolute Gasteiger partial charge is 0.152 e. The summed E-state index contributed by atoms with van der Waals surface area (Å²) in [7, 11) is 0. The first-order valence-electron chi connectivity index (χ1n) is 7.01. The number of hydrogen-bond acceptors (Lipinski definition) is 4. The molecule has 1 aromatic heterocycles. The van der Waals surface area contributed by atoms with E-state index in [0.29, 0.717) is 0 Å². The SMILES string of the molecule is CCCN1CCN(c2ncccc2NCC)CC1. The van der Waals surface area contributed by atoms with E-state index in [0.717, 1.165) is 44.2 Å². The Labute approximate surface area is 110 Å². The summed E-state index contributed by atoms with van der Waals surface area (Å²) in [5.41, 5.74) is 1.16. The fraction of sp³-hybridized carbons (Fsp3) is 0.643. The first kappa shape index (κ1) is 13.1. The molecule has 0 radical (unpaired) electrons. The molecule has 1 saturated heterocycles. The van der Waals surface area contributed by atoms with Crippen molar-refractivity contribution in [3.05, 3.63) is 18.3 Å². The average Bonchev–Trinajstić information content (AvgIpc) is 2.41. The lowest BCUT2D eigenvalue weighted by Gasteiger charge is -2.36. The minimum absolute atomic E-state index is 0.939. The van der Waals surface area contributed by atoms with Gasteiger partial charge in [0.15, 0.2) is 5.82 Å². The van der Waals surface area contributed by atoms with Crippen LogP contribution in [0.2, 0.25) is 0 Å². The van der Waals surface area contributed by atoms with E-state index < -0.39 is 0 Å². The first-order chi connectivity index (χ1) is 8.85. The van der Waals surface area contributed by atoms with Crippen LogP contribution in [-0.4, -0.2) is 49.2 Å². The van der Waals surface area contributed by atoms with Gasteiger partial charge in [-0.2, -0.15) is 0 Å². The van der Waals surface area contributed by atoms with Crippen molar-refractivity contribution in [3.63, 3.8) is 0 Å². The molecule has 1 fully saturated rings. The number of rotatable bonds is 5. The highest BCUT2D eigenvalue weighted by Crippen LogP contribution is 2.23. The van der Waals surface area contributed by atoms with Gasteiger partial charge in [0, 0.05) is 38.9 Å². The second-order valence-electron chi connectivity index (χ2n) is 4.73. The molecule has 0 saturated carbocycles. The number of piperazine rings is 1. The molecule has 18 heavy (non-hydrogen) atoms. The quantitative estimate of drug-likeness (QED) is 0.864. The van der Waals surface area contributed by atoms with Gasteiger partial charge in [-0.15, -0.1) is 0 Å². The van der Waals surface area contributed by atoms with E-state index in [1.807, 2.05) is 12.3 Å². The van der Waals surface area contributed by atoms with Crippen molar-refractivity contribution in [1.29, 1.82) is 0 Å². The monoisotopic (exact) mass is 248 g/mol. The topological polar surface area (TPSA) is 31.4 Å². The molecular weight excluding hydrogens is 224 g/mol. The third kappa shape index (κ3) is 3.13. The largest absolute Gasteiger partial charge is 0.382 e. The zero-order valence-electron chi connectivity index (χ0n) is 11.5. The summed E-state index contributed by atoms with van der Waals surface area (Å²) in [6.07, 6.45) is 3.13. The molecule has 1 aliphatic heterocycles. The highest BCUT2D eigenvalue weighted by atomic mass is 15.3. The minimum atomic E-state index is 0.939. The molecule has 0 aliphatic carbocycles. The maximum absolute atomic E-state index is 4.54. The normalized spacial score (nSPS) is 16.9. The van der Waals surface area contributed by atoms with Gasteiger partial charge in [-0.05, 0) is 32.0 Å². The Morgan fingerprint density at radius 3 is 2.67 bits per heavy atom. The van der Waals surface area contributed by atoms with Crippen LogP contribution < -0.4 is 10.2 Å². The van der Waals surface area contributed by atoms with E-state index in [9.17, 15) is 0 Å². The average molecular weight is 248 g/mol. The molecule has 0 spiro atoms. The fourth-order valence-electron chi connectivity index (χ4n) is 2.48. The molecule has 1 N–H and O–H groups in total. The molecule has 1 aliphatic rings. The van der Waals surface area contributed by atoms with E-state index in [1.165, 1.54) is 13.0 Å². The van der Waals surface area contributed by atoms with Crippen LogP contribution in [0.3, 0.4) is 0 Å². The molecule has 1 aromatic rings. The summed E-state index contributed by atoms with van der Waals surface area (Å²) in [6, 6.07) is 4.11. The molecule has 0 bridgehead atoms. The van der Waals surface area contributed by atoms with Gasteiger partial charge in [0.25, 0.3) is 0 Å². The van der Waals surface area contributed by atoms with Crippen molar-refractivity contribution in [2.45, 2.75) is 20.3 Å². The maximum atomic E-state index is 4.54. The van der Waals surface area contributed by atoms with Crippen LogP contribution in [0.25, 0.3) is 0 Å². The molecule has 2 rings (SSSR count). The number of hydrogen-bond donors (Lipinski definition) is 1. The summed E-state index contributed by atoms with van der Waals surface area (Å²) in [5.74, 6) is 1.11. The van der Waals surface area contributed by atoms with Crippen LogP contribution in [0, 0.1) is 0 Å². The van der Waals surface area contributed by atoms with Crippen LogP contribution >= 0.6 is 0 Å². The molecule has 4 nitrogen and oxygen atoms in total. The van der Waals surface area contributed by atoms with Gasteiger partial charge < -0.3 is 10.2 Å². The zero-order chi connectivity index (χ0) is 12.8. The fourth-order valence-corrected chi connectivity index (χ4v) is 2.48. The highest BCUT2D eigenvalue weighted by Gasteiger charge is 2.19. The Morgan fingerprint density at radius 1 is 1.22 bits per heavy atom. The van der Waals surface area contributed by atoms with Crippen molar-refractivity contribution in [1.82, 2.24) is 9.88 Å². The molecule has 2 heterocycles. The highest BCUT2D eigenvalue weighted by molar-refractivity contribution is 5.65. The molecule has 100 valence electrons. The van der Waals surface area contributed by atoms with Gasteiger partial charge >= 0.3 is 0 Å². The summed E-state index contributed by atoms with van der Waals surface area (Å²) in [6.45, 7) is 11.0. The second kappa shape index (κ2) is 6.59. The van der Waals surface area contributed by atoms with Crippen molar-refractivity contribution >= 4 is 11.5 Å². The van der Waals surface area contributed by atoms with E-state index in [2.05, 4.69) is 40.0 Å². The number of aromatic nitrogens is 1. The molecule has 0 aromatic carbocycles. The van der Waals surface area contributed by atoms with Gasteiger partial charge in [-0.25, -0.2) is 4.98 Å². The van der Waals surface area contributed by atoms with E-state index in [1.54, 1.807) is 0 Å². The molecule has 4 heteroatoms. The van der Waals surface area contributed by atoms with Gasteiger partial charge in [0.1, 0.15) is 0 Å². The van der Waals surface area contributed by atoms with Gasteiger partial charge in [-0.3, -0.25) is 4.90 Å². The lowest BCUT2D eigenvalue weighted by Crippen LogP contribution is -2.47. The Kier molecular flexibility index (Phi) is 4.81. The lowest BCUT2D eigenvalue weighted by atomic mass is 10.2. The number of anilines is 2. The maximum Gasteiger partial charge on any atom is 0.152 e. The Hall–Kier alpha value is -1.29. The standard InChI is InChI=1S/C14H24N4/c1-3-8-17-9-11-18(12-10-17)14-13(15-4-2)6-5-7-16-14/h5-7,15H,3-4,8-12H2,1-2H3. The summed E-state index contributed by atoms with van der Waals surface area (Å²) in [4.78, 5) is 9.46. The molecule has 0 atom stereocenters. The Bertz CT molecular complexity index is 359. The Morgan fingerprint density at radius 2 is 2.00 bits per heavy atom. The number of pyridine rings is 1. The molecule has 0 unspecified atom stereocenters. The molecule has 0 amide bonds. The van der Waals surface area contributed by atoms with E-state index in [4.69, 9.17) is 0 Å². The number of nitrogens with zero attached hydrogens (tertiary/aromatic N) is 3.